The third-order valence-corrected chi connectivity index (χ3v) is 3.77. The van der Waals surface area contributed by atoms with E-state index in [4.69, 9.17) is 4.84 Å². The van der Waals surface area contributed by atoms with E-state index >= 15 is 0 Å². The molecule has 140 valence electrons. The van der Waals surface area contributed by atoms with Crippen LogP contribution in [0.2, 0.25) is 0 Å². The molecule has 2 aromatic carbocycles. The third-order valence-electron chi connectivity index (χ3n) is 3.77. The quantitative estimate of drug-likeness (QED) is 0.553. The molecule has 0 saturated carbocycles. The number of carbonyl (C=O) groups is 1. The van der Waals surface area contributed by atoms with Crippen LogP contribution in [0.4, 0.5) is 8.78 Å². The Morgan fingerprint density at radius 2 is 1.93 bits per heavy atom. The normalized spacial score (nSPS) is 13.9. The molecule has 6 nitrogen and oxygen atoms in total. The number of carbonyl (C=O) groups excluding carboxylic acids is 1. The summed E-state index contributed by atoms with van der Waals surface area (Å²) in [6.07, 6.45) is 2.06. The molecule has 1 amide bonds. The number of halogens is 2. The van der Waals surface area contributed by atoms with Crippen molar-refractivity contribution in [3.05, 3.63) is 65.7 Å². The predicted octanol–water partition coefficient (Wildman–Crippen LogP) is 3.28. The number of hydrazone groups is 1. The summed E-state index contributed by atoms with van der Waals surface area (Å²) in [6, 6.07) is 15.5. The number of hydrogen-bond acceptors (Lipinski definition) is 5. The van der Waals surface area contributed by atoms with E-state index in [1.54, 1.807) is 12.1 Å². The van der Waals surface area contributed by atoms with E-state index in [-0.39, 0.29) is 18.3 Å². The maximum Gasteiger partial charge on any atom is 0.387 e. The number of nitrogens with zero attached hydrogens (tertiary/aromatic N) is 3. The van der Waals surface area contributed by atoms with Crippen LogP contribution in [0.3, 0.4) is 0 Å². The fraction of sp³-hybridized carbons (Fsp3) is 0.211. The second-order valence-electron chi connectivity index (χ2n) is 5.64. The molecule has 1 aliphatic heterocycles. The van der Waals surface area contributed by atoms with Gasteiger partial charge in [-0.25, -0.2) is 5.01 Å². The van der Waals surface area contributed by atoms with E-state index in [2.05, 4.69) is 15.0 Å². The number of benzene rings is 2. The predicted molar refractivity (Wildman–Crippen MR) is 95.9 cm³/mol. The maximum atomic E-state index is 12.1. The highest BCUT2D eigenvalue weighted by atomic mass is 19.3. The second-order valence-corrected chi connectivity index (χ2v) is 5.64. The van der Waals surface area contributed by atoms with Crippen LogP contribution >= 0.6 is 0 Å². The van der Waals surface area contributed by atoms with Gasteiger partial charge >= 0.3 is 6.61 Å². The molecule has 0 saturated heterocycles. The van der Waals surface area contributed by atoms with Crippen LogP contribution in [0.1, 0.15) is 17.5 Å². The molecule has 27 heavy (non-hydrogen) atoms. The van der Waals surface area contributed by atoms with Crippen molar-refractivity contribution in [2.45, 2.75) is 13.0 Å². The van der Waals surface area contributed by atoms with E-state index in [9.17, 15) is 13.6 Å². The Bertz CT molecular complexity index is 824. The SMILES string of the molecule is O=C(CO/N=C/c1ccc(OC(F)F)cc1)N1CCC(c2ccccc2)=N1. The Morgan fingerprint density at radius 1 is 1.19 bits per heavy atom. The molecule has 0 aromatic heterocycles. The first kappa shape index (κ1) is 18.5. The molecule has 0 aliphatic carbocycles. The average Bonchev–Trinajstić information content (AvgIpc) is 3.17. The van der Waals surface area contributed by atoms with Gasteiger partial charge < -0.3 is 9.57 Å². The Balaban J connectivity index is 1.47. The van der Waals surface area contributed by atoms with Crippen molar-refractivity contribution >= 4 is 17.8 Å². The summed E-state index contributed by atoms with van der Waals surface area (Å²) < 4.78 is 28.4. The molecule has 0 fully saturated rings. The summed E-state index contributed by atoms with van der Waals surface area (Å²) in [7, 11) is 0. The zero-order valence-corrected chi connectivity index (χ0v) is 14.3. The third kappa shape index (κ3) is 5.34. The summed E-state index contributed by atoms with van der Waals surface area (Å²) in [5, 5.41) is 9.40. The summed E-state index contributed by atoms with van der Waals surface area (Å²) >= 11 is 0. The highest BCUT2D eigenvalue weighted by molar-refractivity contribution is 6.02. The Labute approximate surface area is 154 Å². The minimum atomic E-state index is -2.87. The van der Waals surface area contributed by atoms with Crippen molar-refractivity contribution in [3.63, 3.8) is 0 Å². The monoisotopic (exact) mass is 373 g/mol. The lowest BCUT2D eigenvalue weighted by Gasteiger charge is -2.09. The van der Waals surface area contributed by atoms with Crippen molar-refractivity contribution in [2.75, 3.05) is 13.2 Å². The molecule has 1 aliphatic rings. The van der Waals surface area contributed by atoms with Crippen LogP contribution in [-0.2, 0) is 9.63 Å². The Kier molecular flexibility index (Phi) is 6.09. The van der Waals surface area contributed by atoms with Crippen molar-refractivity contribution in [2.24, 2.45) is 10.3 Å². The van der Waals surface area contributed by atoms with Gasteiger partial charge in [-0.05, 0) is 35.4 Å². The average molecular weight is 373 g/mol. The first-order chi connectivity index (χ1) is 13.1. The Morgan fingerprint density at radius 3 is 2.63 bits per heavy atom. The largest absolute Gasteiger partial charge is 0.435 e. The number of ether oxygens (including phenoxy) is 1. The van der Waals surface area contributed by atoms with Gasteiger partial charge in [0.1, 0.15) is 5.75 Å². The first-order valence-electron chi connectivity index (χ1n) is 8.25. The van der Waals surface area contributed by atoms with Gasteiger partial charge in [-0.2, -0.15) is 13.9 Å². The molecule has 2 aromatic rings. The summed E-state index contributed by atoms with van der Waals surface area (Å²) in [4.78, 5) is 17.1. The highest BCUT2D eigenvalue weighted by Crippen LogP contribution is 2.15. The van der Waals surface area contributed by atoms with Crippen molar-refractivity contribution in [3.8, 4) is 5.75 Å². The lowest BCUT2D eigenvalue weighted by molar-refractivity contribution is -0.135. The number of rotatable bonds is 7. The zero-order chi connectivity index (χ0) is 19.1. The standard InChI is InChI=1S/C19H17F2N3O3/c20-19(21)27-16-8-6-14(7-9-16)12-22-26-13-18(25)24-11-10-17(23-24)15-4-2-1-3-5-15/h1-9,12,19H,10-11,13H2/b22-12+. The summed E-state index contributed by atoms with van der Waals surface area (Å²) in [6.45, 7) is -2.61. The van der Waals surface area contributed by atoms with E-state index in [0.29, 0.717) is 18.5 Å². The van der Waals surface area contributed by atoms with Crippen LogP contribution < -0.4 is 4.74 Å². The van der Waals surface area contributed by atoms with Crippen LogP contribution in [0.5, 0.6) is 5.75 Å². The molecular weight excluding hydrogens is 356 g/mol. The molecule has 0 spiro atoms. The molecular formula is C19H17F2N3O3. The molecule has 1 heterocycles. The van der Waals surface area contributed by atoms with Crippen LogP contribution in [0.15, 0.2) is 64.9 Å². The first-order valence-corrected chi connectivity index (χ1v) is 8.25. The summed E-state index contributed by atoms with van der Waals surface area (Å²) in [5.41, 5.74) is 2.47. The molecule has 0 atom stereocenters. The van der Waals surface area contributed by atoms with Crippen molar-refractivity contribution in [1.82, 2.24) is 5.01 Å². The fourth-order valence-corrected chi connectivity index (χ4v) is 2.47. The van der Waals surface area contributed by atoms with Gasteiger partial charge in [-0.15, -0.1) is 0 Å². The van der Waals surface area contributed by atoms with Gasteiger partial charge in [-0.1, -0.05) is 35.5 Å². The zero-order valence-electron chi connectivity index (χ0n) is 14.3. The van der Waals surface area contributed by atoms with Crippen LogP contribution in [-0.4, -0.2) is 42.6 Å². The molecule has 0 unspecified atom stereocenters. The molecule has 3 rings (SSSR count). The Hall–Kier alpha value is -3.29. The molecule has 0 N–H and O–H groups in total. The number of hydrogen-bond donors (Lipinski definition) is 0. The van der Waals surface area contributed by atoms with Gasteiger partial charge in [0, 0.05) is 6.42 Å². The number of oxime groups is 1. The highest BCUT2D eigenvalue weighted by Gasteiger charge is 2.21. The topological polar surface area (TPSA) is 63.5 Å². The minimum absolute atomic E-state index is 0.0550. The van der Waals surface area contributed by atoms with Gasteiger partial charge in [0.25, 0.3) is 5.91 Å². The fourth-order valence-electron chi connectivity index (χ4n) is 2.47. The van der Waals surface area contributed by atoms with Gasteiger partial charge in [-0.3, -0.25) is 4.79 Å². The second kappa shape index (κ2) is 8.88. The van der Waals surface area contributed by atoms with Gasteiger partial charge in [0.05, 0.1) is 18.5 Å². The molecule has 0 radical (unpaired) electrons. The molecule has 8 heteroatoms. The van der Waals surface area contributed by atoms with Gasteiger partial charge in [0.15, 0.2) is 6.61 Å². The minimum Gasteiger partial charge on any atom is -0.435 e. The molecule has 0 bridgehead atoms. The summed E-state index contributed by atoms with van der Waals surface area (Å²) in [5.74, 6) is -0.238. The lowest BCUT2D eigenvalue weighted by atomic mass is 10.1. The van der Waals surface area contributed by atoms with E-state index in [0.717, 1.165) is 11.3 Å². The van der Waals surface area contributed by atoms with Crippen molar-refractivity contribution < 1.29 is 23.1 Å². The van der Waals surface area contributed by atoms with E-state index < -0.39 is 6.61 Å². The number of amides is 1. The van der Waals surface area contributed by atoms with Crippen LogP contribution in [0.25, 0.3) is 0 Å². The van der Waals surface area contributed by atoms with E-state index in [1.807, 2.05) is 30.3 Å². The smallest absolute Gasteiger partial charge is 0.387 e. The number of alkyl halides is 2. The van der Waals surface area contributed by atoms with Crippen molar-refractivity contribution in [1.29, 1.82) is 0 Å². The van der Waals surface area contributed by atoms with E-state index in [1.165, 1.54) is 23.4 Å². The van der Waals surface area contributed by atoms with Gasteiger partial charge in [0.2, 0.25) is 0 Å². The lowest BCUT2D eigenvalue weighted by Crippen LogP contribution is -2.26. The maximum absolute atomic E-state index is 12.1. The van der Waals surface area contributed by atoms with Crippen LogP contribution in [0, 0.1) is 0 Å².